The van der Waals surface area contributed by atoms with Gasteiger partial charge in [-0.1, -0.05) is 48.9 Å². The Morgan fingerprint density at radius 1 is 1.20 bits per heavy atom. The normalized spacial score (nSPS) is 25.0. The Morgan fingerprint density at radius 2 is 2.04 bits per heavy atom. The number of allylic oxidation sites excluding steroid dienone is 2. The fraction of sp³-hybridized carbons (Fsp3) is 0.364. The number of nitrogens with one attached hydrogen (secondary N) is 1. The van der Waals surface area contributed by atoms with Crippen LogP contribution in [-0.4, -0.2) is 6.10 Å². The van der Waals surface area contributed by atoms with E-state index in [2.05, 4.69) is 61.6 Å². The van der Waals surface area contributed by atoms with Gasteiger partial charge < -0.3 is 10.1 Å². The Morgan fingerprint density at radius 3 is 2.84 bits per heavy atom. The van der Waals surface area contributed by atoms with Crippen LogP contribution >= 0.6 is 11.6 Å². The SMILES string of the molecule is CCC(C)Oc1ccc2c(c1)C1C=CCC1C(c1ccccc1Cl)N2. The highest BCUT2D eigenvalue weighted by atomic mass is 35.5. The highest BCUT2D eigenvalue weighted by Crippen LogP contribution is 2.51. The summed E-state index contributed by atoms with van der Waals surface area (Å²) in [5.74, 6) is 1.87. The van der Waals surface area contributed by atoms with Crippen LogP contribution in [0.25, 0.3) is 0 Å². The van der Waals surface area contributed by atoms with E-state index in [4.69, 9.17) is 16.3 Å². The van der Waals surface area contributed by atoms with E-state index in [-0.39, 0.29) is 12.1 Å². The standard InChI is InChI=1S/C22H24ClNO/c1-3-14(2)25-15-11-12-21-19(13-15)16-8-6-9-17(16)22(24-21)18-7-4-5-10-20(18)23/h4-8,10-14,16-17,22,24H,3,9H2,1-2H3. The van der Waals surface area contributed by atoms with Crippen LogP contribution in [-0.2, 0) is 0 Å². The van der Waals surface area contributed by atoms with E-state index >= 15 is 0 Å². The molecule has 1 aliphatic heterocycles. The van der Waals surface area contributed by atoms with Crippen molar-refractivity contribution in [3.8, 4) is 5.75 Å². The summed E-state index contributed by atoms with van der Waals surface area (Å²) in [7, 11) is 0. The van der Waals surface area contributed by atoms with Gasteiger partial charge in [-0.3, -0.25) is 0 Å². The van der Waals surface area contributed by atoms with Gasteiger partial charge in [0.05, 0.1) is 12.1 Å². The lowest BCUT2D eigenvalue weighted by atomic mass is 9.77. The molecule has 4 rings (SSSR count). The first kappa shape index (κ1) is 16.5. The summed E-state index contributed by atoms with van der Waals surface area (Å²) in [6.45, 7) is 4.26. The number of fused-ring (bicyclic) bond motifs is 3. The highest BCUT2D eigenvalue weighted by molar-refractivity contribution is 6.31. The van der Waals surface area contributed by atoms with Gasteiger partial charge in [-0.05, 0) is 61.1 Å². The molecule has 2 nitrogen and oxygen atoms in total. The highest BCUT2D eigenvalue weighted by Gasteiger charge is 2.38. The van der Waals surface area contributed by atoms with Crippen LogP contribution < -0.4 is 10.1 Å². The van der Waals surface area contributed by atoms with Gasteiger partial charge in [-0.25, -0.2) is 0 Å². The molecule has 0 saturated carbocycles. The minimum atomic E-state index is 0.236. The summed E-state index contributed by atoms with van der Waals surface area (Å²) in [5.41, 5.74) is 3.71. The summed E-state index contributed by atoms with van der Waals surface area (Å²) in [6, 6.07) is 14.9. The maximum absolute atomic E-state index is 6.49. The zero-order chi connectivity index (χ0) is 17.4. The smallest absolute Gasteiger partial charge is 0.120 e. The second-order valence-electron chi connectivity index (χ2n) is 7.08. The molecule has 0 fully saturated rings. The molecule has 0 radical (unpaired) electrons. The monoisotopic (exact) mass is 353 g/mol. The molecule has 3 heteroatoms. The molecule has 0 aromatic heterocycles. The second-order valence-corrected chi connectivity index (χ2v) is 7.49. The molecule has 2 aromatic rings. The van der Waals surface area contributed by atoms with Crippen LogP contribution in [0.4, 0.5) is 5.69 Å². The van der Waals surface area contributed by atoms with E-state index in [1.807, 2.05) is 12.1 Å². The molecule has 2 aromatic carbocycles. The van der Waals surface area contributed by atoms with Crippen LogP contribution in [0.1, 0.15) is 49.8 Å². The molecule has 25 heavy (non-hydrogen) atoms. The molecular weight excluding hydrogens is 330 g/mol. The van der Waals surface area contributed by atoms with Gasteiger partial charge in [0.1, 0.15) is 5.75 Å². The average Bonchev–Trinajstić information content (AvgIpc) is 3.12. The van der Waals surface area contributed by atoms with Gasteiger partial charge in [-0.15, -0.1) is 0 Å². The molecule has 0 saturated heterocycles. The third-order valence-electron chi connectivity index (χ3n) is 5.49. The molecule has 130 valence electrons. The first-order valence-corrected chi connectivity index (χ1v) is 9.53. The zero-order valence-corrected chi connectivity index (χ0v) is 15.5. The summed E-state index contributed by atoms with van der Waals surface area (Å²) < 4.78 is 6.04. The van der Waals surface area contributed by atoms with Gasteiger partial charge in [0.2, 0.25) is 0 Å². The number of ether oxygens (including phenoxy) is 1. The average molecular weight is 354 g/mol. The van der Waals surface area contributed by atoms with Crippen molar-refractivity contribution in [2.75, 3.05) is 5.32 Å². The molecule has 4 unspecified atom stereocenters. The summed E-state index contributed by atoms with van der Waals surface area (Å²) in [4.78, 5) is 0. The molecule has 0 spiro atoms. The Labute approximate surface area is 154 Å². The second kappa shape index (κ2) is 6.76. The van der Waals surface area contributed by atoms with Crippen molar-refractivity contribution in [1.82, 2.24) is 0 Å². The number of hydrogen-bond donors (Lipinski definition) is 1. The summed E-state index contributed by atoms with van der Waals surface area (Å²) in [6.07, 6.45) is 6.97. The van der Waals surface area contributed by atoms with Gasteiger partial charge in [0.25, 0.3) is 0 Å². The Bertz CT molecular complexity index is 800. The van der Waals surface area contributed by atoms with Crippen molar-refractivity contribution < 1.29 is 4.74 Å². The van der Waals surface area contributed by atoms with Crippen LogP contribution in [0.5, 0.6) is 5.75 Å². The molecule has 0 bridgehead atoms. The van der Waals surface area contributed by atoms with Gasteiger partial charge in [-0.2, -0.15) is 0 Å². The Hall–Kier alpha value is -1.93. The van der Waals surface area contributed by atoms with E-state index in [9.17, 15) is 0 Å². The minimum absolute atomic E-state index is 0.236. The number of anilines is 1. The number of rotatable bonds is 4. The molecular formula is C22H24ClNO. The number of benzene rings is 2. The van der Waals surface area contributed by atoms with Gasteiger partial charge >= 0.3 is 0 Å². The fourth-order valence-electron chi connectivity index (χ4n) is 4.00. The van der Waals surface area contributed by atoms with E-state index in [0.29, 0.717) is 11.8 Å². The quantitative estimate of drug-likeness (QED) is 0.647. The lowest BCUT2D eigenvalue weighted by molar-refractivity contribution is 0.217. The fourth-order valence-corrected chi connectivity index (χ4v) is 4.25. The first-order valence-electron chi connectivity index (χ1n) is 9.15. The minimum Gasteiger partial charge on any atom is -0.491 e. The first-order chi connectivity index (χ1) is 12.2. The van der Waals surface area contributed by atoms with Crippen LogP contribution in [0, 0.1) is 5.92 Å². The predicted octanol–water partition coefficient (Wildman–Crippen LogP) is 6.34. The molecule has 0 amide bonds. The molecule has 4 atom stereocenters. The lowest BCUT2D eigenvalue weighted by Crippen LogP contribution is -2.29. The molecule has 1 N–H and O–H groups in total. The summed E-state index contributed by atoms with van der Waals surface area (Å²) >= 11 is 6.49. The summed E-state index contributed by atoms with van der Waals surface area (Å²) in [5, 5.41) is 4.58. The lowest BCUT2D eigenvalue weighted by Gasteiger charge is -2.38. The third-order valence-corrected chi connectivity index (χ3v) is 5.83. The van der Waals surface area contributed by atoms with E-state index < -0.39 is 0 Å². The third kappa shape index (κ3) is 3.04. The molecule has 2 aliphatic rings. The maximum Gasteiger partial charge on any atom is 0.120 e. The largest absolute Gasteiger partial charge is 0.491 e. The molecule has 1 aliphatic carbocycles. The van der Waals surface area contributed by atoms with Crippen LogP contribution in [0.15, 0.2) is 54.6 Å². The Kier molecular flexibility index (Phi) is 4.47. The zero-order valence-electron chi connectivity index (χ0n) is 14.7. The van der Waals surface area contributed by atoms with Crippen molar-refractivity contribution in [2.45, 2.75) is 44.8 Å². The van der Waals surface area contributed by atoms with Gasteiger partial charge in [0.15, 0.2) is 0 Å². The van der Waals surface area contributed by atoms with E-state index in [1.165, 1.54) is 16.8 Å². The van der Waals surface area contributed by atoms with Crippen molar-refractivity contribution >= 4 is 17.3 Å². The molecule has 1 heterocycles. The van der Waals surface area contributed by atoms with Crippen molar-refractivity contribution in [3.63, 3.8) is 0 Å². The van der Waals surface area contributed by atoms with E-state index in [0.717, 1.165) is 23.6 Å². The number of hydrogen-bond acceptors (Lipinski definition) is 2. The van der Waals surface area contributed by atoms with Crippen LogP contribution in [0.3, 0.4) is 0 Å². The van der Waals surface area contributed by atoms with Crippen molar-refractivity contribution in [3.05, 3.63) is 70.8 Å². The van der Waals surface area contributed by atoms with Crippen LogP contribution in [0.2, 0.25) is 5.02 Å². The Balaban J connectivity index is 1.70. The maximum atomic E-state index is 6.49. The number of halogens is 1. The van der Waals surface area contributed by atoms with Gasteiger partial charge in [0, 0.05) is 16.6 Å². The van der Waals surface area contributed by atoms with Crippen molar-refractivity contribution in [1.29, 1.82) is 0 Å². The van der Waals surface area contributed by atoms with E-state index in [1.54, 1.807) is 0 Å². The topological polar surface area (TPSA) is 21.3 Å². The predicted molar refractivity (Wildman–Crippen MR) is 105 cm³/mol. The van der Waals surface area contributed by atoms with Crippen molar-refractivity contribution in [2.24, 2.45) is 5.92 Å².